The molecule has 2 rings (SSSR count). The zero-order valence-electron chi connectivity index (χ0n) is 11.2. The van der Waals surface area contributed by atoms with Crippen molar-refractivity contribution in [2.24, 2.45) is 5.41 Å². The molecule has 0 aromatic rings. The summed E-state index contributed by atoms with van der Waals surface area (Å²) in [5.74, 6) is -0.0169. The summed E-state index contributed by atoms with van der Waals surface area (Å²) in [6.45, 7) is 11.1. The molecule has 2 saturated heterocycles. The Labute approximate surface area is 104 Å². The molecule has 0 aromatic carbocycles. The first-order chi connectivity index (χ1) is 7.92. The normalized spacial score (nSPS) is 33.6. The standard InChI is InChI=1S/C14H23NO2/c1-5-6-8-14-9-7-10-15(14)11(13(2,3)4)17-12(14)16/h5,11H,1,6-10H2,2-4H3/t11-,14?/m1/s1. The SMILES string of the molecule is C=CCCC12CCCN1[C@@H](C(C)(C)C)OC2=O. The third-order valence-corrected chi connectivity index (χ3v) is 3.92. The summed E-state index contributed by atoms with van der Waals surface area (Å²) in [7, 11) is 0. The van der Waals surface area contributed by atoms with Gasteiger partial charge in [-0.2, -0.15) is 0 Å². The van der Waals surface area contributed by atoms with E-state index in [9.17, 15) is 4.79 Å². The highest BCUT2D eigenvalue weighted by Gasteiger charge is 2.59. The van der Waals surface area contributed by atoms with E-state index in [0.717, 1.165) is 32.2 Å². The summed E-state index contributed by atoms with van der Waals surface area (Å²) in [5, 5.41) is 0. The minimum atomic E-state index is -0.355. The fraction of sp³-hybridized carbons (Fsp3) is 0.786. The second kappa shape index (κ2) is 4.13. The summed E-state index contributed by atoms with van der Waals surface area (Å²) in [6.07, 6.45) is 5.58. The van der Waals surface area contributed by atoms with Crippen molar-refractivity contribution in [1.29, 1.82) is 0 Å². The van der Waals surface area contributed by atoms with Crippen molar-refractivity contribution in [3.8, 4) is 0 Å². The van der Waals surface area contributed by atoms with Crippen molar-refractivity contribution in [2.75, 3.05) is 6.54 Å². The molecule has 0 aliphatic carbocycles. The van der Waals surface area contributed by atoms with Crippen molar-refractivity contribution in [3.63, 3.8) is 0 Å². The van der Waals surface area contributed by atoms with Crippen LogP contribution < -0.4 is 0 Å². The first-order valence-electron chi connectivity index (χ1n) is 6.50. The van der Waals surface area contributed by atoms with Crippen LogP contribution in [0.25, 0.3) is 0 Å². The maximum Gasteiger partial charge on any atom is 0.328 e. The molecule has 0 amide bonds. The highest BCUT2D eigenvalue weighted by atomic mass is 16.6. The van der Waals surface area contributed by atoms with Gasteiger partial charge < -0.3 is 4.74 Å². The maximum absolute atomic E-state index is 12.2. The van der Waals surface area contributed by atoms with E-state index in [1.165, 1.54) is 0 Å². The van der Waals surface area contributed by atoms with Crippen LogP contribution in [0.1, 0.15) is 46.5 Å². The number of allylic oxidation sites excluding steroid dienone is 1. The molecule has 2 atom stereocenters. The van der Waals surface area contributed by atoms with Crippen LogP contribution in [0.3, 0.4) is 0 Å². The molecule has 96 valence electrons. The number of carbonyl (C=O) groups excluding carboxylic acids is 1. The molecule has 0 spiro atoms. The fourth-order valence-corrected chi connectivity index (χ4v) is 3.09. The number of ether oxygens (including phenoxy) is 1. The highest BCUT2D eigenvalue weighted by Crippen LogP contribution is 2.46. The lowest BCUT2D eigenvalue weighted by molar-refractivity contribution is -0.149. The average Bonchev–Trinajstić information content (AvgIpc) is 2.74. The van der Waals surface area contributed by atoms with Gasteiger partial charge in [-0.05, 0) is 25.7 Å². The first-order valence-corrected chi connectivity index (χ1v) is 6.50. The van der Waals surface area contributed by atoms with E-state index in [-0.39, 0.29) is 23.2 Å². The molecule has 1 unspecified atom stereocenters. The molecule has 2 aliphatic heterocycles. The quantitative estimate of drug-likeness (QED) is 0.558. The van der Waals surface area contributed by atoms with Gasteiger partial charge in [-0.15, -0.1) is 6.58 Å². The molecule has 0 saturated carbocycles. The number of esters is 1. The van der Waals surface area contributed by atoms with E-state index in [2.05, 4.69) is 32.3 Å². The lowest BCUT2D eigenvalue weighted by atomic mass is 9.89. The molecular weight excluding hydrogens is 214 g/mol. The van der Waals surface area contributed by atoms with E-state index in [4.69, 9.17) is 4.74 Å². The summed E-state index contributed by atoms with van der Waals surface area (Å²) in [6, 6.07) is 0. The average molecular weight is 237 g/mol. The van der Waals surface area contributed by atoms with Crippen molar-refractivity contribution in [1.82, 2.24) is 4.90 Å². The molecule has 2 heterocycles. The zero-order chi connectivity index (χ0) is 12.7. The predicted octanol–water partition coefficient (Wildman–Crippen LogP) is 2.72. The number of cyclic esters (lactones) is 1. The molecule has 2 aliphatic rings. The Hall–Kier alpha value is -0.830. The molecule has 3 nitrogen and oxygen atoms in total. The van der Waals surface area contributed by atoms with Crippen LogP contribution in [0.15, 0.2) is 12.7 Å². The van der Waals surface area contributed by atoms with Gasteiger partial charge in [0.2, 0.25) is 0 Å². The largest absolute Gasteiger partial charge is 0.444 e. The molecule has 0 bridgehead atoms. The van der Waals surface area contributed by atoms with E-state index < -0.39 is 0 Å². The molecule has 0 radical (unpaired) electrons. The van der Waals surface area contributed by atoms with Crippen LogP contribution in [0.5, 0.6) is 0 Å². The predicted molar refractivity (Wildman–Crippen MR) is 67.4 cm³/mol. The summed E-state index contributed by atoms with van der Waals surface area (Å²) in [5.41, 5.74) is -0.373. The van der Waals surface area contributed by atoms with Crippen molar-refractivity contribution < 1.29 is 9.53 Å². The number of nitrogens with zero attached hydrogens (tertiary/aromatic N) is 1. The second-order valence-corrected chi connectivity index (χ2v) is 6.28. The topological polar surface area (TPSA) is 29.5 Å². The van der Waals surface area contributed by atoms with E-state index in [1.54, 1.807) is 0 Å². The van der Waals surface area contributed by atoms with Gasteiger partial charge in [-0.3, -0.25) is 4.90 Å². The first kappa shape index (κ1) is 12.6. The maximum atomic E-state index is 12.2. The minimum Gasteiger partial charge on any atom is -0.444 e. The third kappa shape index (κ3) is 1.90. The second-order valence-electron chi connectivity index (χ2n) is 6.28. The van der Waals surface area contributed by atoms with Gasteiger partial charge in [0.15, 0.2) is 6.23 Å². The summed E-state index contributed by atoms with van der Waals surface area (Å²) >= 11 is 0. The number of hydrogen-bond donors (Lipinski definition) is 0. The molecular formula is C14H23NO2. The molecule has 3 heteroatoms. The number of rotatable bonds is 3. The van der Waals surface area contributed by atoms with Gasteiger partial charge in [0, 0.05) is 12.0 Å². The van der Waals surface area contributed by atoms with Crippen molar-refractivity contribution in [3.05, 3.63) is 12.7 Å². The smallest absolute Gasteiger partial charge is 0.328 e. The Morgan fingerprint density at radius 2 is 2.29 bits per heavy atom. The fourth-order valence-electron chi connectivity index (χ4n) is 3.09. The molecule has 0 aromatic heterocycles. The van der Waals surface area contributed by atoms with Gasteiger partial charge in [-0.1, -0.05) is 26.8 Å². The Bertz CT molecular complexity index is 332. The minimum absolute atomic E-state index is 0.0169. The van der Waals surface area contributed by atoms with Crippen LogP contribution in [-0.4, -0.2) is 29.2 Å². The van der Waals surface area contributed by atoms with Crippen molar-refractivity contribution in [2.45, 2.75) is 58.2 Å². The Morgan fingerprint density at radius 3 is 2.88 bits per heavy atom. The molecule has 17 heavy (non-hydrogen) atoms. The van der Waals surface area contributed by atoms with Gasteiger partial charge in [-0.25, -0.2) is 4.79 Å². The third-order valence-electron chi connectivity index (χ3n) is 3.92. The zero-order valence-corrected chi connectivity index (χ0v) is 11.2. The lowest BCUT2D eigenvalue weighted by Crippen LogP contribution is -2.48. The van der Waals surface area contributed by atoms with Crippen LogP contribution in [0, 0.1) is 5.41 Å². The summed E-state index contributed by atoms with van der Waals surface area (Å²) in [4.78, 5) is 14.5. The Balaban J connectivity index is 2.26. The molecule has 2 fully saturated rings. The number of hydrogen-bond acceptors (Lipinski definition) is 3. The van der Waals surface area contributed by atoms with Crippen LogP contribution in [0.4, 0.5) is 0 Å². The van der Waals surface area contributed by atoms with Gasteiger partial charge in [0.05, 0.1) is 0 Å². The molecule has 0 N–H and O–H groups in total. The lowest BCUT2D eigenvalue weighted by Gasteiger charge is -2.35. The Kier molecular flexibility index (Phi) is 3.06. The van der Waals surface area contributed by atoms with Gasteiger partial charge in [0.1, 0.15) is 5.54 Å². The Morgan fingerprint density at radius 1 is 1.59 bits per heavy atom. The van der Waals surface area contributed by atoms with E-state index in [0.29, 0.717) is 0 Å². The van der Waals surface area contributed by atoms with Gasteiger partial charge >= 0.3 is 5.97 Å². The van der Waals surface area contributed by atoms with Gasteiger partial charge in [0.25, 0.3) is 0 Å². The number of carbonyl (C=O) groups is 1. The van der Waals surface area contributed by atoms with E-state index >= 15 is 0 Å². The van der Waals surface area contributed by atoms with Crippen LogP contribution in [0.2, 0.25) is 0 Å². The van der Waals surface area contributed by atoms with Crippen LogP contribution >= 0.6 is 0 Å². The number of fused-ring (bicyclic) bond motifs is 1. The monoisotopic (exact) mass is 237 g/mol. The van der Waals surface area contributed by atoms with Crippen LogP contribution in [-0.2, 0) is 9.53 Å². The summed E-state index contributed by atoms with van der Waals surface area (Å²) < 4.78 is 5.65. The van der Waals surface area contributed by atoms with E-state index in [1.807, 2.05) is 6.08 Å². The van der Waals surface area contributed by atoms with Crippen molar-refractivity contribution >= 4 is 5.97 Å². The highest BCUT2D eigenvalue weighted by molar-refractivity contribution is 5.83.